The number of rotatable bonds is 17. The molecule has 4 heteroatoms. The Morgan fingerprint density at radius 3 is 1.97 bits per heavy atom. The van der Waals surface area contributed by atoms with Crippen LogP contribution >= 0.6 is 0 Å². The van der Waals surface area contributed by atoms with Crippen LogP contribution in [-0.2, 0) is 9.59 Å². The molecule has 30 heavy (non-hydrogen) atoms. The highest BCUT2D eigenvalue weighted by Crippen LogP contribution is 2.49. The standard InChI is InChI=1S/C26H48O4/c1-4-5-6-7-8-9-10-11-12-13-16-23-20-22(24(27)28)17-19-26(23,25(29)30)18-14-15-21(2)3/h21-23H,4-20H2,1-3H3,(H,27,28)(H,29,30). The van der Waals surface area contributed by atoms with Crippen molar-refractivity contribution in [2.45, 2.75) is 130 Å². The van der Waals surface area contributed by atoms with E-state index in [1.165, 1.54) is 51.4 Å². The molecule has 176 valence electrons. The molecule has 1 aliphatic rings. The van der Waals surface area contributed by atoms with Crippen LogP contribution in [0.25, 0.3) is 0 Å². The van der Waals surface area contributed by atoms with E-state index in [9.17, 15) is 19.8 Å². The van der Waals surface area contributed by atoms with Gasteiger partial charge in [0.05, 0.1) is 11.3 Å². The second-order valence-corrected chi connectivity index (χ2v) is 10.2. The smallest absolute Gasteiger partial charge is 0.309 e. The van der Waals surface area contributed by atoms with Gasteiger partial charge in [-0.05, 0) is 43.9 Å². The Bertz CT molecular complexity index is 487. The van der Waals surface area contributed by atoms with E-state index in [0.717, 1.165) is 32.1 Å². The summed E-state index contributed by atoms with van der Waals surface area (Å²) in [6, 6.07) is 0. The molecule has 0 bridgehead atoms. The summed E-state index contributed by atoms with van der Waals surface area (Å²) >= 11 is 0. The molecule has 0 heterocycles. The third-order valence-electron chi connectivity index (χ3n) is 7.38. The Hall–Kier alpha value is -1.06. The Labute approximate surface area is 185 Å². The Kier molecular flexibility index (Phi) is 13.4. The van der Waals surface area contributed by atoms with Gasteiger partial charge in [0.25, 0.3) is 0 Å². The quantitative estimate of drug-likeness (QED) is 0.235. The average molecular weight is 425 g/mol. The maximum absolute atomic E-state index is 12.4. The molecule has 0 aromatic rings. The minimum absolute atomic E-state index is 0.00561. The molecule has 0 aromatic carbocycles. The van der Waals surface area contributed by atoms with Gasteiger partial charge in [-0.1, -0.05) is 97.8 Å². The number of hydrogen-bond donors (Lipinski definition) is 2. The van der Waals surface area contributed by atoms with Crippen LogP contribution in [0.4, 0.5) is 0 Å². The molecule has 1 rings (SSSR count). The van der Waals surface area contributed by atoms with Crippen LogP contribution in [0.3, 0.4) is 0 Å². The van der Waals surface area contributed by atoms with Gasteiger partial charge in [0.2, 0.25) is 0 Å². The summed E-state index contributed by atoms with van der Waals surface area (Å²) in [5, 5.41) is 19.7. The predicted molar refractivity (Wildman–Crippen MR) is 124 cm³/mol. The SMILES string of the molecule is CCCCCCCCCCCCC1CC(C(=O)O)CCC1(CCCC(C)C)C(=O)O. The molecule has 0 radical (unpaired) electrons. The summed E-state index contributed by atoms with van der Waals surface area (Å²) in [6.07, 6.45) is 17.8. The van der Waals surface area contributed by atoms with Gasteiger partial charge in [0, 0.05) is 0 Å². The van der Waals surface area contributed by atoms with Gasteiger partial charge >= 0.3 is 11.9 Å². The van der Waals surface area contributed by atoms with Gasteiger partial charge in [0.1, 0.15) is 0 Å². The highest BCUT2D eigenvalue weighted by molar-refractivity contribution is 5.76. The third kappa shape index (κ3) is 9.39. The van der Waals surface area contributed by atoms with E-state index in [4.69, 9.17) is 0 Å². The highest BCUT2D eigenvalue weighted by atomic mass is 16.4. The summed E-state index contributed by atoms with van der Waals surface area (Å²) in [7, 11) is 0. The fraction of sp³-hybridized carbons (Fsp3) is 0.923. The Morgan fingerprint density at radius 2 is 1.47 bits per heavy atom. The zero-order chi connectivity index (χ0) is 22.4. The first-order valence-electron chi connectivity index (χ1n) is 12.8. The predicted octanol–water partition coefficient (Wildman–Crippen LogP) is 7.70. The van der Waals surface area contributed by atoms with Crippen LogP contribution in [-0.4, -0.2) is 22.2 Å². The second kappa shape index (κ2) is 14.9. The number of carboxylic acid groups (broad SMARTS) is 2. The first kappa shape index (κ1) is 27.0. The summed E-state index contributed by atoms with van der Waals surface area (Å²) < 4.78 is 0. The van der Waals surface area contributed by atoms with Crippen molar-refractivity contribution in [2.24, 2.45) is 23.2 Å². The molecular weight excluding hydrogens is 376 g/mol. The molecule has 1 aliphatic carbocycles. The van der Waals surface area contributed by atoms with Crippen molar-refractivity contribution in [1.82, 2.24) is 0 Å². The minimum atomic E-state index is -0.746. The number of aliphatic carboxylic acids is 2. The lowest BCUT2D eigenvalue weighted by molar-refractivity contribution is -0.161. The Balaban J connectivity index is 2.51. The lowest BCUT2D eigenvalue weighted by Gasteiger charge is -2.43. The minimum Gasteiger partial charge on any atom is -0.481 e. The van der Waals surface area contributed by atoms with Crippen molar-refractivity contribution in [3.05, 3.63) is 0 Å². The fourth-order valence-electron chi connectivity index (χ4n) is 5.36. The van der Waals surface area contributed by atoms with Crippen LogP contribution in [0.15, 0.2) is 0 Å². The van der Waals surface area contributed by atoms with E-state index in [2.05, 4.69) is 20.8 Å². The van der Waals surface area contributed by atoms with Crippen LogP contribution in [0.1, 0.15) is 130 Å². The third-order valence-corrected chi connectivity index (χ3v) is 7.38. The zero-order valence-corrected chi connectivity index (χ0v) is 20.0. The summed E-state index contributed by atoms with van der Waals surface area (Å²) in [5.74, 6) is -1.22. The number of carbonyl (C=O) groups is 2. The molecule has 3 unspecified atom stereocenters. The van der Waals surface area contributed by atoms with Crippen molar-refractivity contribution < 1.29 is 19.8 Å². The van der Waals surface area contributed by atoms with Gasteiger partial charge in [-0.3, -0.25) is 9.59 Å². The summed E-state index contributed by atoms with van der Waals surface area (Å²) in [6.45, 7) is 6.60. The first-order chi connectivity index (χ1) is 14.3. The maximum atomic E-state index is 12.4. The van der Waals surface area contributed by atoms with E-state index >= 15 is 0 Å². The molecular formula is C26H48O4. The molecule has 0 aliphatic heterocycles. The van der Waals surface area contributed by atoms with Crippen molar-refractivity contribution >= 4 is 11.9 Å². The number of carboxylic acids is 2. The lowest BCUT2D eigenvalue weighted by Crippen LogP contribution is -2.44. The highest BCUT2D eigenvalue weighted by Gasteiger charge is 2.49. The molecule has 2 N–H and O–H groups in total. The molecule has 0 amide bonds. The van der Waals surface area contributed by atoms with E-state index in [1.807, 2.05) is 0 Å². The number of unbranched alkanes of at least 4 members (excludes halogenated alkanes) is 9. The van der Waals surface area contributed by atoms with Crippen LogP contribution in [0.2, 0.25) is 0 Å². The van der Waals surface area contributed by atoms with E-state index in [-0.39, 0.29) is 11.8 Å². The fourth-order valence-corrected chi connectivity index (χ4v) is 5.36. The van der Waals surface area contributed by atoms with Gasteiger partial charge in [0.15, 0.2) is 0 Å². The molecule has 4 nitrogen and oxygen atoms in total. The second-order valence-electron chi connectivity index (χ2n) is 10.2. The Morgan fingerprint density at radius 1 is 0.900 bits per heavy atom. The van der Waals surface area contributed by atoms with Crippen molar-refractivity contribution in [1.29, 1.82) is 0 Å². The summed E-state index contributed by atoms with van der Waals surface area (Å²) in [4.78, 5) is 24.0. The first-order valence-corrected chi connectivity index (χ1v) is 12.8. The average Bonchev–Trinajstić information content (AvgIpc) is 2.69. The monoisotopic (exact) mass is 424 g/mol. The maximum Gasteiger partial charge on any atom is 0.309 e. The molecule has 0 aromatic heterocycles. The van der Waals surface area contributed by atoms with E-state index < -0.39 is 17.4 Å². The largest absolute Gasteiger partial charge is 0.481 e. The van der Waals surface area contributed by atoms with E-state index in [1.54, 1.807) is 0 Å². The van der Waals surface area contributed by atoms with Gasteiger partial charge < -0.3 is 10.2 Å². The van der Waals surface area contributed by atoms with Gasteiger partial charge in [-0.2, -0.15) is 0 Å². The van der Waals surface area contributed by atoms with E-state index in [0.29, 0.717) is 31.6 Å². The lowest BCUT2D eigenvalue weighted by atomic mass is 9.59. The topological polar surface area (TPSA) is 74.6 Å². The van der Waals surface area contributed by atoms with Crippen molar-refractivity contribution in [3.63, 3.8) is 0 Å². The number of hydrogen-bond acceptors (Lipinski definition) is 2. The molecule has 0 spiro atoms. The molecule has 3 atom stereocenters. The zero-order valence-electron chi connectivity index (χ0n) is 20.0. The molecule has 1 fully saturated rings. The van der Waals surface area contributed by atoms with Crippen LogP contribution in [0.5, 0.6) is 0 Å². The van der Waals surface area contributed by atoms with Crippen molar-refractivity contribution in [3.8, 4) is 0 Å². The normalized spacial score (nSPS) is 24.3. The van der Waals surface area contributed by atoms with Crippen LogP contribution in [0, 0.1) is 23.2 Å². The van der Waals surface area contributed by atoms with Crippen molar-refractivity contribution in [2.75, 3.05) is 0 Å². The molecule has 1 saturated carbocycles. The molecule has 0 saturated heterocycles. The van der Waals surface area contributed by atoms with Gasteiger partial charge in [-0.15, -0.1) is 0 Å². The summed E-state index contributed by atoms with van der Waals surface area (Å²) in [5.41, 5.74) is -0.708. The van der Waals surface area contributed by atoms with Crippen LogP contribution < -0.4 is 0 Å². The van der Waals surface area contributed by atoms with Gasteiger partial charge in [-0.25, -0.2) is 0 Å².